The van der Waals surface area contributed by atoms with E-state index >= 15 is 0 Å². The summed E-state index contributed by atoms with van der Waals surface area (Å²) in [4.78, 5) is 0. The van der Waals surface area contributed by atoms with Gasteiger partial charge in [0.25, 0.3) is 0 Å². The molecule has 98 valence electrons. The van der Waals surface area contributed by atoms with Gasteiger partial charge in [-0.3, -0.25) is 4.68 Å². The number of aromatic nitrogens is 2. The Kier molecular flexibility index (Phi) is 5.48. The summed E-state index contributed by atoms with van der Waals surface area (Å²) in [5, 5.41) is 7.62. The number of hydrogen-bond acceptors (Lipinski definition) is 3. The van der Waals surface area contributed by atoms with Crippen LogP contribution in [-0.2, 0) is 6.54 Å². The molecule has 1 heterocycles. The van der Waals surface area contributed by atoms with Crippen molar-refractivity contribution in [3.63, 3.8) is 0 Å². The van der Waals surface area contributed by atoms with Crippen LogP contribution in [0.4, 0.5) is 0 Å². The predicted molar refractivity (Wildman–Crippen MR) is 70.4 cm³/mol. The third-order valence-corrected chi connectivity index (χ3v) is 2.43. The van der Waals surface area contributed by atoms with Crippen molar-refractivity contribution >= 4 is 0 Å². The SMILES string of the molecule is CCn1cc(OCCCCNC(C)(C)C)cn1. The first kappa shape index (κ1) is 14.0. The molecule has 4 heteroatoms. The molecular formula is C13H25N3O. The third-order valence-electron chi connectivity index (χ3n) is 2.43. The van der Waals surface area contributed by atoms with Crippen molar-refractivity contribution < 1.29 is 4.74 Å². The number of nitrogens with one attached hydrogen (secondary N) is 1. The molecule has 0 aliphatic carbocycles. The fourth-order valence-corrected chi connectivity index (χ4v) is 1.47. The molecule has 0 spiro atoms. The minimum atomic E-state index is 0.211. The molecule has 17 heavy (non-hydrogen) atoms. The van der Waals surface area contributed by atoms with Gasteiger partial charge in [-0.2, -0.15) is 5.10 Å². The van der Waals surface area contributed by atoms with Crippen LogP contribution >= 0.6 is 0 Å². The summed E-state index contributed by atoms with van der Waals surface area (Å²) in [6.45, 7) is 11.3. The van der Waals surface area contributed by atoms with E-state index in [1.165, 1.54) is 0 Å². The normalized spacial score (nSPS) is 11.8. The molecule has 0 saturated carbocycles. The minimum absolute atomic E-state index is 0.211. The van der Waals surface area contributed by atoms with Gasteiger partial charge in [0.2, 0.25) is 0 Å². The molecule has 0 fully saturated rings. The summed E-state index contributed by atoms with van der Waals surface area (Å²) >= 11 is 0. The lowest BCUT2D eigenvalue weighted by Gasteiger charge is -2.20. The van der Waals surface area contributed by atoms with Gasteiger partial charge in [0.15, 0.2) is 5.75 Å². The number of rotatable bonds is 7. The summed E-state index contributed by atoms with van der Waals surface area (Å²) < 4.78 is 7.48. The molecule has 0 aromatic carbocycles. The monoisotopic (exact) mass is 239 g/mol. The van der Waals surface area contributed by atoms with Crippen molar-refractivity contribution in [3.8, 4) is 5.75 Å². The number of nitrogens with zero attached hydrogens (tertiary/aromatic N) is 2. The van der Waals surface area contributed by atoms with Crippen molar-refractivity contribution in [2.75, 3.05) is 13.2 Å². The Hall–Kier alpha value is -1.03. The van der Waals surface area contributed by atoms with E-state index in [9.17, 15) is 0 Å². The van der Waals surface area contributed by atoms with Gasteiger partial charge in [-0.1, -0.05) is 0 Å². The molecule has 0 saturated heterocycles. The number of hydrogen-bond donors (Lipinski definition) is 1. The van der Waals surface area contributed by atoms with Crippen molar-refractivity contribution in [1.29, 1.82) is 0 Å². The van der Waals surface area contributed by atoms with E-state index in [4.69, 9.17) is 4.74 Å². The fourth-order valence-electron chi connectivity index (χ4n) is 1.47. The van der Waals surface area contributed by atoms with Crippen LogP contribution in [0.15, 0.2) is 12.4 Å². The summed E-state index contributed by atoms with van der Waals surface area (Å²) in [6, 6.07) is 0. The highest BCUT2D eigenvalue weighted by molar-refractivity contribution is 5.11. The Balaban J connectivity index is 2.04. The van der Waals surface area contributed by atoms with Crippen LogP contribution in [-0.4, -0.2) is 28.5 Å². The largest absolute Gasteiger partial charge is 0.490 e. The predicted octanol–water partition coefficient (Wildman–Crippen LogP) is 2.45. The average Bonchev–Trinajstić information content (AvgIpc) is 2.69. The van der Waals surface area contributed by atoms with Crippen LogP contribution in [0, 0.1) is 0 Å². The molecule has 0 aliphatic rings. The topological polar surface area (TPSA) is 39.1 Å². The van der Waals surface area contributed by atoms with E-state index in [-0.39, 0.29) is 5.54 Å². The lowest BCUT2D eigenvalue weighted by atomic mass is 10.1. The van der Waals surface area contributed by atoms with Gasteiger partial charge in [0.05, 0.1) is 19.0 Å². The minimum Gasteiger partial charge on any atom is -0.490 e. The highest BCUT2D eigenvalue weighted by Crippen LogP contribution is 2.08. The first-order chi connectivity index (χ1) is 8.01. The lowest BCUT2D eigenvalue weighted by molar-refractivity contribution is 0.301. The first-order valence-corrected chi connectivity index (χ1v) is 6.41. The van der Waals surface area contributed by atoms with Gasteiger partial charge in [-0.05, 0) is 47.1 Å². The Bertz CT molecular complexity index is 315. The Morgan fingerprint density at radius 2 is 2.12 bits per heavy atom. The second-order valence-electron chi connectivity index (χ2n) is 5.26. The second-order valence-corrected chi connectivity index (χ2v) is 5.26. The molecule has 1 rings (SSSR count). The smallest absolute Gasteiger partial charge is 0.157 e. The second kappa shape index (κ2) is 6.64. The van der Waals surface area contributed by atoms with Gasteiger partial charge in [0.1, 0.15) is 0 Å². The molecule has 1 aromatic rings. The Labute approximate surface area is 104 Å². The summed E-state index contributed by atoms with van der Waals surface area (Å²) in [5.74, 6) is 0.871. The van der Waals surface area contributed by atoms with E-state index in [0.29, 0.717) is 0 Å². The van der Waals surface area contributed by atoms with Crippen LogP contribution in [0.3, 0.4) is 0 Å². The molecular weight excluding hydrogens is 214 g/mol. The number of unbranched alkanes of at least 4 members (excludes halogenated alkanes) is 1. The fraction of sp³-hybridized carbons (Fsp3) is 0.769. The van der Waals surface area contributed by atoms with Crippen molar-refractivity contribution in [1.82, 2.24) is 15.1 Å². The zero-order chi connectivity index (χ0) is 12.7. The molecule has 0 aliphatic heterocycles. The highest BCUT2D eigenvalue weighted by Gasteiger charge is 2.06. The third kappa shape index (κ3) is 6.31. The quantitative estimate of drug-likeness (QED) is 0.743. The summed E-state index contributed by atoms with van der Waals surface area (Å²) in [5.41, 5.74) is 0.211. The Morgan fingerprint density at radius 3 is 2.71 bits per heavy atom. The zero-order valence-electron chi connectivity index (χ0n) is 11.5. The van der Waals surface area contributed by atoms with Crippen molar-refractivity contribution in [2.45, 2.75) is 52.6 Å². The van der Waals surface area contributed by atoms with Crippen LogP contribution in [0.5, 0.6) is 5.75 Å². The van der Waals surface area contributed by atoms with E-state index in [1.807, 2.05) is 10.9 Å². The van der Waals surface area contributed by atoms with Crippen LogP contribution in [0.25, 0.3) is 0 Å². The number of aryl methyl sites for hydroxylation is 1. The maximum Gasteiger partial charge on any atom is 0.157 e. The first-order valence-electron chi connectivity index (χ1n) is 6.41. The van der Waals surface area contributed by atoms with Crippen LogP contribution in [0.1, 0.15) is 40.5 Å². The maximum absolute atomic E-state index is 5.61. The average molecular weight is 239 g/mol. The van der Waals surface area contributed by atoms with Gasteiger partial charge < -0.3 is 10.1 Å². The molecule has 0 radical (unpaired) electrons. The van der Waals surface area contributed by atoms with E-state index in [0.717, 1.165) is 38.3 Å². The van der Waals surface area contributed by atoms with Crippen LogP contribution < -0.4 is 10.1 Å². The van der Waals surface area contributed by atoms with E-state index in [1.54, 1.807) is 6.20 Å². The molecule has 1 N–H and O–H groups in total. The van der Waals surface area contributed by atoms with E-state index in [2.05, 4.69) is 38.1 Å². The number of ether oxygens (including phenoxy) is 1. The molecule has 0 amide bonds. The van der Waals surface area contributed by atoms with Crippen molar-refractivity contribution in [2.24, 2.45) is 0 Å². The zero-order valence-corrected chi connectivity index (χ0v) is 11.5. The summed E-state index contributed by atoms with van der Waals surface area (Å²) in [7, 11) is 0. The lowest BCUT2D eigenvalue weighted by Crippen LogP contribution is -2.36. The summed E-state index contributed by atoms with van der Waals surface area (Å²) in [6.07, 6.45) is 5.92. The molecule has 0 bridgehead atoms. The van der Waals surface area contributed by atoms with Crippen molar-refractivity contribution in [3.05, 3.63) is 12.4 Å². The molecule has 4 nitrogen and oxygen atoms in total. The molecule has 1 aromatic heterocycles. The highest BCUT2D eigenvalue weighted by atomic mass is 16.5. The molecule has 0 atom stereocenters. The standard InChI is InChI=1S/C13H25N3O/c1-5-16-11-12(10-15-16)17-9-7-6-8-14-13(2,3)4/h10-11,14H,5-9H2,1-4H3. The maximum atomic E-state index is 5.61. The molecule has 0 unspecified atom stereocenters. The van der Waals surface area contributed by atoms with Gasteiger partial charge >= 0.3 is 0 Å². The van der Waals surface area contributed by atoms with Crippen LogP contribution in [0.2, 0.25) is 0 Å². The van der Waals surface area contributed by atoms with E-state index < -0.39 is 0 Å². The van der Waals surface area contributed by atoms with Gasteiger partial charge in [-0.15, -0.1) is 0 Å². The Morgan fingerprint density at radius 1 is 1.35 bits per heavy atom. The van der Waals surface area contributed by atoms with Gasteiger partial charge in [0, 0.05) is 12.1 Å². The van der Waals surface area contributed by atoms with Gasteiger partial charge in [-0.25, -0.2) is 0 Å².